The Hall–Kier alpha value is -0.440. The van der Waals surface area contributed by atoms with Crippen LogP contribution in [0.1, 0.15) is 6.92 Å². The quantitative estimate of drug-likeness (QED) is 0.487. The van der Waals surface area contributed by atoms with Crippen LogP contribution in [0.3, 0.4) is 0 Å². The Labute approximate surface area is 64.3 Å². The molecule has 2 heterocycles. The monoisotopic (exact) mass is 155 g/mol. The summed E-state index contributed by atoms with van der Waals surface area (Å²) in [5, 5.41) is 0.442. The number of amides is 1. The number of hydrogen-bond donors (Lipinski definition) is 0. The molecule has 0 aromatic carbocycles. The van der Waals surface area contributed by atoms with E-state index in [4.69, 9.17) is 0 Å². The molecule has 2 nitrogen and oxygen atoms in total. The van der Waals surface area contributed by atoms with E-state index in [0.717, 1.165) is 5.75 Å². The molecule has 10 heavy (non-hydrogen) atoms. The van der Waals surface area contributed by atoms with Crippen molar-refractivity contribution in [3.05, 3.63) is 12.3 Å². The first-order valence-electron chi connectivity index (χ1n) is 3.41. The molecule has 2 aliphatic rings. The highest BCUT2D eigenvalue weighted by Gasteiger charge is 2.43. The maximum atomic E-state index is 11.1. The predicted octanol–water partition coefficient (Wildman–Crippen LogP) is 1.05. The second-order valence-corrected chi connectivity index (χ2v) is 3.79. The molecule has 1 saturated heterocycles. The molecule has 2 atom stereocenters. The van der Waals surface area contributed by atoms with Crippen molar-refractivity contribution in [3.63, 3.8) is 0 Å². The zero-order valence-electron chi connectivity index (χ0n) is 5.78. The number of fused-ring (bicyclic) bond motifs is 1. The molecule has 0 aromatic rings. The van der Waals surface area contributed by atoms with Crippen LogP contribution >= 0.6 is 11.8 Å². The van der Waals surface area contributed by atoms with Gasteiger partial charge in [0.1, 0.15) is 0 Å². The van der Waals surface area contributed by atoms with Crippen LogP contribution in [0.25, 0.3) is 0 Å². The topological polar surface area (TPSA) is 20.3 Å². The van der Waals surface area contributed by atoms with E-state index in [0.29, 0.717) is 5.37 Å². The van der Waals surface area contributed by atoms with Crippen molar-refractivity contribution in [2.75, 3.05) is 5.75 Å². The van der Waals surface area contributed by atoms with E-state index in [1.807, 2.05) is 35.9 Å². The first-order chi connectivity index (χ1) is 4.80. The average Bonchev–Trinajstić information content (AvgIpc) is 2.03. The van der Waals surface area contributed by atoms with Gasteiger partial charge in [-0.25, -0.2) is 0 Å². The summed E-state index contributed by atoms with van der Waals surface area (Å²) in [5.74, 6) is 1.57. The lowest BCUT2D eigenvalue weighted by atomic mass is 10.0. The number of thioether (sulfide) groups is 1. The minimum Gasteiger partial charge on any atom is -0.306 e. The van der Waals surface area contributed by atoms with Crippen LogP contribution in [0.4, 0.5) is 0 Å². The summed E-state index contributed by atoms with van der Waals surface area (Å²) in [7, 11) is 0. The molecule has 54 valence electrons. The second-order valence-electron chi connectivity index (χ2n) is 2.64. The summed E-state index contributed by atoms with van der Waals surface area (Å²) in [6.45, 7) is 2.00. The largest absolute Gasteiger partial charge is 0.306 e. The van der Waals surface area contributed by atoms with Crippen LogP contribution in [-0.4, -0.2) is 21.9 Å². The molecule has 1 unspecified atom stereocenters. The Bertz CT molecular complexity index is 202. The van der Waals surface area contributed by atoms with Gasteiger partial charge in [0.05, 0.1) is 11.3 Å². The van der Waals surface area contributed by atoms with Gasteiger partial charge in [-0.3, -0.25) is 4.79 Å². The summed E-state index contributed by atoms with van der Waals surface area (Å²) in [5.41, 5.74) is 0. The van der Waals surface area contributed by atoms with E-state index in [1.54, 1.807) is 0 Å². The lowest BCUT2D eigenvalue weighted by molar-refractivity contribution is -0.144. The van der Waals surface area contributed by atoms with Gasteiger partial charge in [-0.1, -0.05) is 13.0 Å². The molecule has 0 aliphatic carbocycles. The maximum absolute atomic E-state index is 11.1. The summed E-state index contributed by atoms with van der Waals surface area (Å²) >= 11 is 1.84. The van der Waals surface area contributed by atoms with Gasteiger partial charge in [0.15, 0.2) is 0 Å². The van der Waals surface area contributed by atoms with Crippen molar-refractivity contribution < 1.29 is 4.79 Å². The van der Waals surface area contributed by atoms with Crippen molar-refractivity contribution in [3.8, 4) is 0 Å². The molecule has 0 saturated carbocycles. The smallest absolute Gasteiger partial charge is 0.233 e. The van der Waals surface area contributed by atoms with E-state index in [9.17, 15) is 4.79 Å². The first kappa shape index (κ1) is 6.28. The molecule has 2 aliphatic heterocycles. The number of hydrogen-bond acceptors (Lipinski definition) is 2. The van der Waals surface area contributed by atoms with E-state index in [1.165, 1.54) is 0 Å². The third kappa shape index (κ3) is 0.639. The Morgan fingerprint density at radius 3 is 3.30 bits per heavy atom. The number of carbonyl (C=O) groups excluding carboxylic acids is 1. The van der Waals surface area contributed by atoms with Gasteiger partial charge in [-0.15, -0.1) is 11.8 Å². The van der Waals surface area contributed by atoms with Crippen molar-refractivity contribution in [1.29, 1.82) is 0 Å². The van der Waals surface area contributed by atoms with Crippen molar-refractivity contribution in [2.24, 2.45) is 5.92 Å². The summed E-state index contributed by atoms with van der Waals surface area (Å²) in [6.07, 6.45) is 3.94. The lowest BCUT2D eigenvalue weighted by Gasteiger charge is -2.44. The fraction of sp³-hybridized carbons (Fsp3) is 0.571. The van der Waals surface area contributed by atoms with E-state index < -0.39 is 0 Å². The zero-order valence-corrected chi connectivity index (χ0v) is 6.60. The van der Waals surface area contributed by atoms with Crippen molar-refractivity contribution in [2.45, 2.75) is 12.3 Å². The van der Waals surface area contributed by atoms with Gasteiger partial charge < -0.3 is 4.90 Å². The van der Waals surface area contributed by atoms with Crippen LogP contribution in [0.2, 0.25) is 0 Å². The van der Waals surface area contributed by atoms with Crippen LogP contribution < -0.4 is 0 Å². The highest BCUT2D eigenvalue weighted by Crippen LogP contribution is 2.37. The molecule has 0 radical (unpaired) electrons. The first-order valence-corrected chi connectivity index (χ1v) is 4.46. The number of β-lactam (4-membered cyclic amide) rings is 1. The molecular formula is C7H9NOS. The van der Waals surface area contributed by atoms with Crippen molar-refractivity contribution in [1.82, 2.24) is 4.90 Å². The SMILES string of the molecule is C[C@@H]1C(=O)N2C=CCSC12. The fourth-order valence-electron chi connectivity index (χ4n) is 1.33. The molecule has 2 rings (SSSR count). The zero-order chi connectivity index (χ0) is 7.14. The van der Waals surface area contributed by atoms with E-state index in [2.05, 4.69) is 0 Å². The lowest BCUT2D eigenvalue weighted by Crippen LogP contribution is -2.56. The molecule has 0 N–H and O–H groups in total. The molecule has 1 amide bonds. The molecular weight excluding hydrogens is 146 g/mol. The molecule has 1 fully saturated rings. The Morgan fingerprint density at radius 2 is 2.60 bits per heavy atom. The molecule has 0 bridgehead atoms. The molecule has 3 heteroatoms. The number of carbonyl (C=O) groups is 1. The Kier molecular flexibility index (Phi) is 1.27. The third-order valence-electron chi connectivity index (χ3n) is 1.98. The van der Waals surface area contributed by atoms with Crippen LogP contribution in [0, 0.1) is 5.92 Å². The van der Waals surface area contributed by atoms with Crippen LogP contribution in [0.15, 0.2) is 12.3 Å². The second kappa shape index (κ2) is 2.02. The summed E-state index contributed by atoms with van der Waals surface area (Å²) in [6, 6.07) is 0. The normalized spacial score (nSPS) is 37.3. The highest BCUT2D eigenvalue weighted by molar-refractivity contribution is 8.00. The van der Waals surface area contributed by atoms with Gasteiger partial charge in [0.2, 0.25) is 5.91 Å². The fourth-order valence-corrected chi connectivity index (χ4v) is 2.47. The van der Waals surface area contributed by atoms with E-state index in [-0.39, 0.29) is 11.8 Å². The molecule has 0 spiro atoms. The van der Waals surface area contributed by atoms with Gasteiger partial charge in [-0.2, -0.15) is 0 Å². The minimum atomic E-state index is 0.245. The van der Waals surface area contributed by atoms with Gasteiger partial charge in [-0.05, 0) is 0 Å². The van der Waals surface area contributed by atoms with Crippen LogP contribution in [0.5, 0.6) is 0 Å². The summed E-state index contributed by atoms with van der Waals surface area (Å²) < 4.78 is 0. The Morgan fingerprint density at radius 1 is 1.80 bits per heavy atom. The van der Waals surface area contributed by atoms with Gasteiger partial charge in [0, 0.05) is 12.0 Å². The average molecular weight is 155 g/mol. The van der Waals surface area contributed by atoms with Gasteiger partial charge >= 0.3 is 0 Å². The third-order valence-corrected chi connectivity index (χ3v) is 3.34. The molecule has 0 aromatic heterocycles. The summed E-state index contributed by atoms with van der Waals surface area (Å²) in [4.78, 5) is 12.9. The van der Waals surface area contributed by atoms with Crippen LogP contribution in [-0.2, 0) is 4.79 Å². The Balaban J connectivity index is 2.18. The maximum Gasteiger partial charge on any atom is 0.233 e. The van der Waals surface area contributed by atoms with Gasteiger partial charge in [0.25, 0.3) is 0 Å². The van der Waals surface area contributed by atoms with Crippen molar-refractivity contribution >= 4 is 17.7 Å². The standard InChI is InChI=1S/C7H9NOS/c1-5-6(9)8-3-2-4-10-7(5)8/h2-3,5,7H,4H2,1H3/t5-,7?/m1/s1. The minimum absolute atomic E-state index is 0.245. The highest BCUT2D eigenvalue weighted by atomic mass is 32.2. The number of nitrogens with zero attached hydrogens (tertiary/aromatic N) is 1. The predicted molar refractivity (Wildman–Crippen MR) is 41.4 cm³/mol. The van der Waals surface area contributed by atoms with E-state index >= 15 is 0 Å². The number of rotatable bonds is 0.